The molecule has 0 aliphatic carbocycles. The zero-order valence-electron chi connectivity index (χ0n) is 9.59. The van der Waals surface area contributed by atoms with E-state index in [4.69, 9.17) is 4.74 Å². The molecule has 1 aromatic carbocycles. The third kappa shape index (κ3) is 5.90. The molecule has 0 saturated carbocycles. The first-order chi connectivity index (χ1) is 7.72. The van der Waals surface area contributed by atoms with Gasteiger partial charge in [-0.05, 0) is 43.5 Å². The molecule has 0 aliphatic rings. The van der Waals surface area contributed by atoms with E-state index in [0.29, 0.717) is 4.83 Å². The van der Waals surface area contributed by atoms with Crippen LogP contribution < -0.4 is 4.74 Å². The van der Waals surface area contributed by atoms with E-state index in [1.165, 1.54) is 19.3 Å². The van der Waals surface area contributed by atoms with Gasteiger partial charge in [0.25, 0.3) is 0 Å². The van der Waals surface area contributed by atoms with Crippen LogP contribution in [0.3, 0.4) is 0 Å². The smallest absolute Gasteiger partial charge is 0.119 e. The first-order valence-corrected chi connectivity index (χ1v) is 7.45. The summed E-state index contributed by atoms with van der Waals surface area (Å²) in [7, 11) is 0. The van der Waals surface area contributed by atoms with Crippen molar-refractivity contribution < 1.29 is 4.74 Å². The third-order valence-corrected chi connectivity index (χ3v) is 3.79. The Kier molecular flexibility index (Phi) is 7.13. The molecule has 0 heterocycles. The highest BCUT2D eigenvalue weighted by Gasteiger charge is 2.02. The fourth-order valence-electron chi connectivity index (χ4n) is 1.48. The van der Waals surface area contributed by atoms with Gasteiger partial charge in [-0.25, -0.2) is 0 Å². The quantitative estimate of drug-likeness (QED) is 0.487. The summed E-state index contributed by atoms with van der Waals surface area (Å²) >= 11 is 7.07. The van der Waals surface area contributed by atoms with Gasteiger partial charge in [-0.2, -0.15) is 0 Å². The second kappa shape index (κ2) is 8.13. The summed E-state index contributed by atoms with van der Waals surface area (Å²) in [4.78, 5) is 0.644. The van der Waals surface area contributed by atoms with E-state index >= 15 is 0 Å². The molecule has 0 fully saturated rings. The lowest BCUT2D eigenvalue weighted by atomic mass is 10.2. The minimum atomic E-state index is 0.644. The molecule has 0 saturated heterocycles. The maximum atomic E-state index is 5.65. The predicted octanol–water partition coefficient (Wildman–Crippen LogP) is 5.17. The summed E-state index contributed by atoms with van der Waals surface area (Å²) in [6.07, 6.45) is 4.78. The van der Waals surface area contributed by atoms with Crippen molar-refractivity contribution in [3.05, 3.63) is 28.7 Å². The lowest BCUT2D eigenvalue weighted by Gasteiger charge is -2.09. The van der Waals surface area contributed by atoms with E-state index in [1.807, 2.05) is 24.3 Å². The van der Waals surface area contributed by atoms with Crippen molar-refractivity contribution in [2.45, 2.75) is 37.4 Å². The number of hydrogen-bond acceptors (Lipinski definition) is 1. The zero-order valence-corrected chi connectivity index (χ0v) is 12.8. The SMILES string of the molecule is CCCC(Br)CCCOc1ccc(Br)cc1. The van der Waals surface area contributed by atoms with Gasteiger partial charge < -0.3 is 4.74 Å². The van der Waals surface area contributed by atoms with Gasteiger partial charge in [0.15, 0.2) is 0 Å². The van der Waals surface area contributed by atoms with E-state index in [9.17, 15) is 0 Å². The molecule has 0 aliphatic heterocycles. The number of ether oxygens (including phenoxy) is 1. The van der Waals surface area contributed by atoms with Crippen molar-refractivity contribution in [1.29, 1.82) is 0 Å². The first-order valence-electron chi connectivity index (χ1n) is 5.74. The number of hydrogen-bond donors (Lipinski definition) is 0. The van der Waals surface area contributed by atoms with Gasteiger partial charge in [0.2, 0.25) is 0 Å². The first kappa shape index (κ1) is 14.0. The Morgan fingerprint density at radius 3 is 2.50 bits per heavy atom. The van der Waals surface area contributed by atoms with Crippen LogP contribution in [0.25, 0.3) is 0 Å². The largest absolute Gasteiger partial charge is 0.494 e. The molecule has 0 bridgehead atoms. The molecule has 1 aromatic rings. The Balaban J connectivity index is 2.13. The highest BCUT2D eigenvalue weighted by molar-refractivity contribution is 9.10. The lowest BCUT2D eigenvalue weighted by molar-refractivity contribution is 0.306. The van der Waals surface area contributed by atoms with Gasteiger partial charge in [-0.15, -0.1) is 0 Å². The molecule has 1 atom stereocenters. The third-order valence-electron chi connectivity index (χ3n) is 2.35. The van der Waals surface area contributed by atoms with E-state index in [2.05, 4.69) is 38.8 Å². The van der Waals surface area contributed by atoms with Crippen LogP contribution in [0.15, 0.2) is 28.7 Å². The highest BCUT2D eigenvalue weighted by Crippen LogP contribution is 2.17. The number of alkyl halides is 1. The molecule has 0 spiro atoms. The van der Waals surface area contributed by atoms with Gasteiger partial charge in [0, 0.05) is 9.30 Å². The van der Waals surface area contributed by atoms with Crippen LogP contribution in [0.5, 0.6) is 5.75 Å². The summed E-state index contributed by atoms with van der Waals surface area (Å²) < 4.78 is 6.73. The standard InChI is InChI=1S/C13H18Br2O/c1-2-4-11(14)5-3-10-16-13-8-6-12(15)7-9-13/h6-9,11H,2-5,10H2,1H3. The molecule has 16 heavy (non-hydrogen) atoms. The minimum Gasteiger partial charge on any atom is -0.494 e. The van der Waals surface area contributed by atoms with Crippen molar-refractivity contribution in [2.24, 2.45) is 0 Å². The normalized spacial score (nSPS) is 12.4. The molecule has 1 rings (SSSR count). The van der Waals surface area contributed by atoms with Crippen LogP contribution in [0.4, 0.5) is 0 Å². The van der Waals surface area contributed by atoms with Crippen molar-refractivity contribution in [3.63, 3.8) is 0 Å². The summed E-state index contributed by atoms with van der Waals surface area (Å²) in [6, 6.07) is 7.98. The van der Waals surface area contributed by atoms with Crippen molar-refractivity contribution in [1.82, 2.24) is 0 Å². The van der Waals surface area contributed by atoms with E-state index in [0.717, 1.165) is 23.2 Å². The minimum absolute atomic E-state index is 0.644. The molecule has 0 N–H and O–H groups in total. The molecular weight excluding hydrogens is 332 g/mol. The Labute approximate surface area is 115 Å². The zero-order chi connectivity index (χ0) is 11.8. The fourth-order valence-corrected chi connectivity index (χ4v) is 2.53. The van der Waals surface area contributed by atoms with Crippen LogP contribution >= 0.6 is 31.9 Å². The molecule has 1 unspecified atom stereocenters. The summed E-state index contributed by atoms with van der Waals surface area (Å²) in [5.41, 5.74) is 0. The maximum absolute atomic E-state index is 5.65. The van der Waals surface area contributed by atoms with Gasteiger partial charge in [-0.1, -0.05) is 45.2 Å². The summed E-state index contributed by atoms with van der Waals surface area (Å²) in [6.45, 7) is 3.01. The second-order valence-corrected chi connectivity index (χ2v) is 6.04. The van der Waals surface area contributed by atoms with E-state index in [-0.39, 0.29) is 0 Å². The van der Waals surface area contributed by atoms with Crippen LogP contribution in [0, 0.1) is 0 Å². The Morgan fingerprint density at radius 1 is 1.19 bits per heavy atom. The molecule has 0 aromatic heterocycles. The van der Waals surface area contributed by atoms with Gasteiger partial charge >= 0.3 is 0 Å². The van der Waals surface area contributed by atoms with Crippen LogP contribution in [-0.2, 0) is 0 Å². The fraction of sp³-hybridized carbons (Fsp3) is 0.538. The van der Waals surface area contributed by atoms with Crippen molar-refractivity contribution in [2.75, 3.05) is 6.61 Å². The lowest BCUT2D eigenvalue weighted by Crippen LogP contribution is -2.02. The molecular formula is C13H18Br2O. The summed E-state index contributed by atoms with van der Waals surface area (Å²) in [5, 5.41) is 0. The molecule has 1 nitrogen and oxygen atoms in total. The predicted molar refractivity (Wildman–Crippen MR) is 76.5 cm³/mol. The maximum Gasteiger partial charge on any atom is 0.119 e. The van der Waals surface area contributed by atoms with E-state index < -0.39 is 0 Å². The van der Waals surface area contributed by atoms with Gasteiger partial charge in [0.05, 0.1) is 6.61 Å². The van der Waals surface area contributed by atoms with Crippen molar-refractivity contribution >= 4 is 31.9 Å². The van der Waals surface area contributed by atoms with Crippen LogP contribution in [-0.4, -0.2) is 11.4 Å². The van der Waals surface area contributed by atoms with Gasteiger partial charge in [0.1, 0.15) is 5.75 Å². The van der Waals surface area contributed by atoms with Gasteiger partial charge in [-0.3, -0.25) is 0 Å². The second-order valence-electron chi connectivity index (χ2n) is 3.83. The number of benzene rings is 1. The highest BCUT2D eigenvalue weighted by atomic mass is 79.9. The number of rotatable bonds is 7. The Morgan fingerprint density at radius 2 is 1.88 bits per heavy atom. The topological polar surface area (TPSA) is 9.23 Å². The molecule has 0 amide bonds. The van der Waals surface area contributed by atoms with Crippen LogP contribution in [0.1, 0.15) is 32.6 Å². The van der Waals surface area contributed by atoms with Crippen LogP contribution in [0.2, 0.25) is 0 Å². The molecule has 0 radical (unpaired) electrons. The summed E-state index contributed by atoms with van der Waals surface area (Å²) in [5.74, 6) is 0.949. The van der Waals surface area contributed by atoms with Crippen molar-refractivity contribution in [3.8, 4) is 5.75 Å². The monoisotopic (exact) mass is 348 g/mol. The number of halogens is 2. The molecule has 90 valence electrons. The Bertz CT molecular complexity index is 284. The average molecular weight is 350 g/mol. The average Bonchev–Trinajstić information content (AvgIpc) is 2.27. The Hall–Kier alpha value is -0.0200. The van der Waals surface area contributed by atoms with E-state index in [1.54, 1.807) is 0 Å². The molecule has 3 heteroatoms.